The number of esters is 1. The van der Waals surface area contributed by atoms with E-state index in [-0.39, 0.29) is 11.8 Å². The van der Waals surface area contributed by atoms with Crippen LogP contribution in [0.3, 0.4) is 0 Å². The van der Waals surface area contributed by atoms with E-state index in [4.69, 9.17) is 0 Å². The highest BCUT2D eigenvalue weighted by atomic mass is 32.1. The van der Waals surface area contributed by atoms with Crippen LogP contribution >= 0.6 is 11.3 Å². The molecule has 0 aliphatic heterocycles. The van der Waals surface area contributed by atoms with Crippen LogP contribution in [0.15, 0.2) is 17.5 Å². The highest BCUT2D eigenvalue weighted by Gasteiger charge is 2.25. The minimum absolute atomic E-state index is 0.00337. The number of hydrogen-bond donors (Lipinski definition) is 1. The van der Waals surface area contributed by atoms with Gasteiger partial charge in [0, 0.05) is 0 Å². The fourth-order valence-corrected chi connectivity index (χ4v) is 1.87. The summed E-state index contributed by atoms with van der Waals surface area (Å²) in [5, 5.41) is 4.48. The van der Waals surface area contributed by atoms with E-state index < -0.39 is 12.0 Å². The molecule has 0 bridgehead atoms. The maximum Gasteiger partial charge on any atom is 0.328 e. The van der Waals surface area contributed by atoms with Gasteiger partial charge in [-0.05, 0) is 17.4 Å². The second kappa shape index (κ2) is 5.65. The average molecular weight is 241 g/mol. The summed E-state index contributed by atoms with van der Waals surface area (Å²) in [5.41, 5.74) is 0. The first-order chi connectivity index (χ1) is 7.56. The first-order valence-corrected chi connectivity index (χ1v) is 5.86. The monoisotopic (exact) mass is 241 g/mol. The number of hydrogen-bond acceptors (Lipinski definition) is 4. The lowest BCUT2D eigenvalue weighted by Gasteiger charge is -2.19. The zero-order valence-corrected chi connectivity index (χ0v) is 10.3. The third-order valence-electron chi connectivity index (χ3n) is 2.15. The maximum atomic E-state index is 11.7. The van der Waals surface area contributed by atoms with Crippen molar-refractivity contribution in [3.05, 3.63) is 22.4 Å². The molecular formula is C11H15NO3S. The van der Waals surface area contributed by atoms with Gasteiger partial charge in [-0.15, -0.1) is 11.3 Å². The standard InChI is InChI=1S/C11H15NO3S/c1-7(2)9(11(14)15-3)12-10(13)8-5-4-6-16-8/h4-7,9H,1-3H3,(H,12,13)/t9-/m0/s1. The molecule has 0 saturated heterocycles. The van der Waals surface area contributed by atoms with Crippen molar-refractivity contribution in [1.82, 2.24) is 5.32 Å². The third kappa shape index (κ3) is 3.06. The Kier molecular flexibility index (Phi) is 4.49. The van der Waals surface area contributed by atoms with Crippen molar-refractivity contribution in [1.29, 1.82) is 0 Å². The Labute approximate surface area is 98.6 Å². The quantitative estimate of drug-likeness (QED) is 0.816. The van der Waals surface area contributed by atoms with E-state index in [0.29, 0.717) is 4.88 Å². The van der Waals surface area contributed by atoms with E-state index in [1.54, 1.807) is 12.1 Å². The second-order valence-corrected chi connectivity index (χ2v) is 4.64. The zero-order valence-electron chi connectivity index (χ0n) is 9.52. The van der Waals surface area contributed by atoms with Crippen LogP contribution in [0.5, 0.6) is 0 Å². The number of carbonyl (C=O) groups excluding carboxylic acids is 2. The van der Waals surface area contributed by atoms with E-state index in [1.165, 1.54) is 18.4 Å². The molecule has 0 spiro atoms. The number of methoxy groups -OCH3 is 1. The van der Waals surface area contributed by atoms with Gasteiger partial charge in [-0.2, -0.15) is 0 Å². The molecular weight excluding hydrogens is 226 g/mol. The van der Waals surface area contributed by atoms with Crippen LogP contribution in [0.4, 0.5) is 0 Å². The Bertz CT molecular complexity index is 359. The number of rotatable bonds is 4. The Morgan fingerprint density at radius 3 is 2.56 bits per heavy atom. The molecule has 0 aromatic carbocycles. The van der Waals surface area contributed by atoms with E-state index in [2.05, 4.69) is 10.1 Å². The summed E-state index contributed by atoms with van der Waals surface area (Å²) in [6.07, 6.45) is 0. The van der Waals surface area contributed by atoms with Crippen molar-refractivity contribution in [2.75, 3.05) is 7.11 Å². The van der Waals surface area contributed by atoms with E-state index in [1.807, 2.05) is 19.2 Å². The molecule has 4 nitrogen and oxygen atoms in total. The first-order valence-electron chi connectivity index (χ1n) is 4.98. The Morgan fingerprint density at radius 2 is 2.12 bits per heavy atom. The summed E-state index contributed by atoms with van der Waals surface area (Å²) >= 11 is 1.34. The fourth-order valence-electron chi connectivity index (χ4n) is 1.24. The van der Waals surface area contributed by atoms with Gasteiger partial charge in [0.15, 0.2) is 0 Å². The summed E-state index contributed by atoms with van der Waals surface area (Å²) in [6, 6.07) is 2.91. The predicted molar refractivity (Wildman–Crippen MR) is 62.4 cm³/mol. The molecule has 0 aliphatic carbocycles. The Morgan fingerprint density at radius 1 is 1.44 bits per heavy atom. The van der Waals surface area contributed by atoms with Gasteiger partial charge in [0.1, 0.15) is 6.04 Å². The number of ether oxygens (including phenoxy) is 1. The lowest BCUT2D eigenvalue weighted by molar-refractivity contribution is -0.144. The van der Waals surface area contributed by atoms with Crippen LogP contribution in [0, 0.1) is 5.92 Å². The maximum absolute atomic E-state index is 11.7. The molecule has 1 aromatic rings. The van der Waals surface area contributed by atoms with E-state index in [9.17, 15) is 9.59 Å². The minimum atomic E-state index is -0.598. The lowest BCUT2D eigenvalue weighted by Crippen LogP contribution is -2.44. The normalized spacial score (nSPS) is 12.2. The molecule has 0 radical (unpaired) electrons. The molecule has 1 N–H and O–H groups in total. The molecule has 1 amide bonds. The van der Waals surface area contributed by atoms with Crippen LogP contribution in [0.25, 0.3) is 0 Å². The third-order valence-corrected chi connectivity index (χ3v) is 3.02. The summed E-state index contributed by atoms with van der Waals surface area (Å²) in [5.74, 6) is -0.657. The topological polar surface area (TPSA) is 55.4 Å². The van der Waals surface area contributed by atoms with Crippen molar-refractivity contribution in [2.24, 2.45) is 5.92 Å². The Balaban J connectivity index is 2.69. The summed E-state index contributed by atoms with van der Waals surface area (Å²) in [4.78, 5) is 23.7. The number of amides is 1. The van der Waals surface area contributed by atoms with Crippen molar-refractivity contribution in [2.45, 2.75) is 19.9 Å². The Hall–Kier alpha value is -1.36. The molecule has 0 aliphatic rings. The molecule has 1 atom stereocenters. The van der Waals surface area contributed by atoms with Crippen LogP contribution < -0.4 is 5.32 Å². The van der Waals surface area contributed by atoms with Gasteiger partial charge in [0.05, 0.1) is 12.0 Å². The minimum Gasteiger partial charge on any atom is -0.467 e. The second-order valence-electron chi connectivity index (χ2n) is 3.70. The molecule has 1 aromatic heterocycles. The molecule has 5 heteroatoms. The van der Waals surface area contributed by atoms with Crippen LogP contribution in [-0.4, -0.2) is 25.0 Å². The molecule has 0 fully saturated rings. The summed E-state index contributed by atoms with van der Waals surface area (Å²) < 4.78 is 4.64. The van der Waals surface area contributed by atoms with Crippen molar-refractivity contribution in [3.63, 3.8) is 0 Å². The van der Waals surface area contributed by atoms with Crippen LogP contribution in [-0.2, 0) is 9.53 Å². The SMILES string of the molecule is COC(=O)[C@@H](NC(=O)c1cccs1)C(C)C. The predicted octanol–water partition coefficient (Wildman–Crippen LogP) is 1.68. The lowest BCUT2D eigenvalue weighted by atomic mass is 10.0. The zero-order chi connectivity index (χ0) is 12.1. The van der Waals surface area contributed by atoms with Gasteiger partial charge in [-0.25, -0.2) is 4.79 Å². The van der Waals surface area contributed by atoms with Crippen LogP contribution in [0.1, 0.15) is 23.5 Å². The first kappa shape index (κ1) is 12.7. The molecule has 1 heterocycles. The average Bonchev–Trinajstić information content (AvgIpc) is 2.77. The fraction of sp³-hybridized carbons (Fsp3) is 0.455. The highest BCUT2D eigenvalue weighted by Crippen LogP contribution is 2.10. The van der Waals surface area contributed by atoms with Gasteiger partial charge < -0.3 is 10.1 Å². The molecule has 0 saturated carbocycles. The van der Waals surface area contributed by atoms with E-state index in [0.717, 1.165) is 0 Å². The largest absolute Gasteiger partial charge is 0.467 e. The van der Waals surface area contributed by atoms with E-state index >= 15 is 0 Å². The molecule has 88 valence electrons. The number of nitrogens with one attached hydrogen (secondary N) is 1. The molecule has 1 rings (SSSR count). The van der Waals surface area contributed by atoms with Crippen molar-refractivity contribution >= 4 is 23.2 Å². The highest BCUT2D eigenvalue weighted by molar-refractivity contribution is 7.12. The van der Waals surface area contributed by atoms with Gasteiger partial charge >= 0.3 is 5.97 Å². The summed E-state index contributed by atoms with van der Waals surface area (Å²) in [7, 11) is 1.31. The molecule has 16 heavy (non-hydrogen) atoms. The molecule has 0 unspecified atom stereocenters. The van der Waals surface area contributed by atoms with Gasteiger partial charge in [-0.1, -0.05) is 19.9 Å². The smallest absolute Gasteiger partial charge is 0.328 e. The van der Waals surface area contributed by atoms with Crippen molar-refractivity contribution < 1.29 is 14.3 Å². The summed E-state index contributed by atoms with van der Waals surface area (Å²) in [6.45, 7) is 3.71. The van der Waals surface area contributed by atoms with Crippen LogP contribution in [0.2, 0.25) is 0 Å². The van der Waals surface area contributed by atoms with Gasteiger partial charge in [0.25, 0.3) is 5.91 Å². The number of thiophene rings is 1. The number of carbonyl (C=O) groups is 2. The van der Waals surface area contributed by atoms with Gasteiger partial charge in [0.2, 0.25) is 0 Å². The van der Waals surface area contributed by atoms with Crippen molar-refractivity contribution in [3.8, 4) is 0 Å². The van der Waals surface area contributed by atoms with Gasteiger partial charge in [-0.3, -0.25) is 4.79 Å².